The lowest BCUT2D eigenvalue weighted by Gasteiger charge is -1.72. The van der Waals surface area contributed by atoms with Crippen molar-refractivity contribution in [2.24, 2.45) is 0 Å². The van der Waals surface area contributed by atoms with Crippen LogP contribution in [-0.4, -0.2) is 162 Å². The van der Waals surface area contributed by atoms with Gasteiger partial charge in [0.15, 0.2) is 12.7 Å². The molecule has 0 atom stereocenters. The summed E-state index contributed by atoms with van der Waals surface area (Å²) in [7, 11) is 0. The van der Waals surface area contributed by atoms with E-state index in [2.05, 4.69) is 179 Å². The monoisotopic (exact) mass is 1440 g/mol. The highest BCUT2D eigenvalue weighted by Crippen LogP contribution is 1.92. The van der Waals surface area contributed by atoms with Crippen LogP contribution in [0.5, 0.6) is 0 Å². The summed E-state index contributed by atoms with van der Waals surface area (Å²) in [6, 6.07) is 33.0. The first kappa shape index (κ1) is 85.1. The van der Waals surface area contributed by atoms with E-state index in [4.69, 9.17) is 0 Å². The van der Waals surface area contributed by atoms with E-state index in [1.807, 2.05) is 124 Å². The number of oxazole rings is 1. The third kappa shape index (κ3) is 75.8. The Hall–Kier alpha value is -14.9. The van der Waals surface area contributed by atoms with Crippen molar-refractivity contribution in [2.45, 2.75) is 0 Å². The molecular weight excluding hydrogens is 1380 g/mol. The molecule has 0 amide bonds. The Morgan fingerprint density at radius 1 is 0.363 bits per heavy atom. The number of nitrogens with one attached hydrogen (secondary N) is 8. The summed E-state index contributed by atoms with van der Waals surface area (Å²) >= 11 is 4.78. The van der Waals surface area contributed by atoms with Crippen molar-refractivity contribution in [3.8, 4) is 0 Å². The third-order valence-electron chi connectivity index (χ3n) is 7.74. The van der Waals surface area contributed by atoms with Crippen molar-refractivity contribution < 1.29 is 22.3 Å². The number of imidazole rings is 1. The van der Waals surface area contributed by atoms with Gasteiger partial charge in [-0.05, 0) is 112 Å². The molecule has 0 aliphatic rings. The van der Waals surface area contributed by atoms with Crippen LogP contribution >= 0.6 is 34.2 Å². The molecule has 0 radical (unpaired) electrons. The highest BCUT2D eigenvalue weighted by molar-refractivity contribution is 7.07. The average Bonchev–Trinajstić information content (AvgIpc) is 4.61. The molecule has 0 aromatic carbocycles. The van der Waals surface area contributed by atoms with Crippen molar-refractivity contribution in [3.63, 3.8) is 0 Å². The van der Waals surface area contributed by atoms with Crippen LogP contribution in [0.1, 0.15) is 0 Å². The summed E-state index contributed by atoms with van der Waals surface area (Å²) in [4.78, 5) is 58.6. The van der Waals surface area contributed by atoms with Gasteiger partial charge in [0.1, 0.15) is 31.5 Å². The van der Waals surface area contributed by atoms with Crippen molar-refractivity contribution in [3.05, 3.63) is 376 Å². The lowest BCUT2D eigenvalue weighted by atomic mass is 10.5. The minimum atomic E-state index is -0.519. The molecule has 102 heavy (non-hydrogen) atoms. The van der Waals surface area contributed by atoms with Crippen molar-refractivity contribution >= 4 is 34.2 Å². The second kappa shape index (κ2) is 78.5. The fourth-order valence-corrected chi connectivity index (χ4v) is 5.20. The zero-order chi connectivity index (χ0) is 72.5. The second-order valence-electron chi connectivity index (χ2n) is 14.8. The highest BCUT2D eigenvalue weighted by Gasteiger charge is 1.75. The third-order valence-corrected chi connectivity index (χ3v) is 9.41. The van der Waals surface area contributed by atoms with Crippen molar-refractivity contribution in [2.75, 3.05) is 0 Å². The molecule has 0 saturated heterocycles. The largest absolute Gasteiger partial charge is 0.473 e. The number of thiazole rings is 1. The number of aromatic nitrogens is 32. The quantitative estimate of drug-likeness (QED) is 0.0701. The first-order valence-electron chi connectivity index (χ1n) is 27.9. The van der Waals surface area contributed by atoms with Gasteiger partial charge in [-0.25, -0.2) is 44.3 Å². The normalized spacial score (nSPS) is 8.08. The predicted octanol–water partition coefficient (Wildman–Crippen LogP) is 9.02. The number of hydrogen-bond donors (Lipinski definition) is 8. The Kier molecular flexibility index (Phi) is 65.5. The Morgan fingerprint density at radius 3 is 1.27 bits per heavy atom. The molecule has 42 heteroatoms. The maximum absolute atomic E-state index is 10.2. The SMILES string of the molecule is O=c1[nH]nco1.O=c1cccn[nH]1.c1c[nH]cn1.c1cc[nH]c1.c1ccncc1.c1ccnnc1.c1ccoc1.c1ccsc1.c1cn[nH]c1.c1cn[nH]c1.c1cnccn1.c1cncnc1.c1cnoc1.c1cnsc1.c1cocn1.c1cscn1.c1nc[nH]n1.c1nn[nH]n1.c1nnno1. The number of pyridine rings is 1. The van der Waals surface area contributed by atoms with Crippen LogP contribution in [0.15, 0.2) is 387 Å². The van der Waals surface area contributed by atoms with E-state index in [0.717, 1.165) is 12.8 Å². The molecule has 19 aromatic rings. The van der Waals surface area contributed by atoms with Gasteiger partial charge in [0, 0.05) is 147 Å². The summed E-state index contributed by atoms with van der Waals surface area (Å²) in [5, 5.41) is 69.1. The van der Waals surface area contributed by atoms with E-state index in [0.29, 0.717) is 0 Å². The summed E-state index contributed by atoms with van der Waals surface area (Å²) < 4.78 is 25.4. The number of thiophene rings is 1. The van der Waals surface area contributed by atoms with Gasteiger partial charge in [-0.1, -0.05) is 33.7 Å². The second-order valence-corrected chi connectivity index (χ2v) is 17.1. The fraction of sp³-hybridized carbons (Fsp3) is 0. The maximum atomic E-state index is 10.2. The van der Waals surface area contributed by atoms with E-state index in [1.165, 1.54) is 68.0 Å². The molecule has 0 aliphatic heterocycles. The number of rotatable bonds is 0. The lowest BCUT2D eigenvalue weighted by Crippen LogP contribution is -2.02. The molecule has 19 heterocycles. The minimum absolute atomic E-state index is 0.164. The topological polar surface area (TPSA) is 536 Å². The number of H-pyrrole nitrogens is 8. The average molecular weight is 1440 g/mol. The van der Waals surface area contributed by atoms with Gasteiger partial charge in [0.25, 0.3) is 5.56 Å². The number of furan rings is 1. The van der Waals surface area contributed by atoms with E-state index < -0.39 is 5.76 Å². The van der Waals surface area contributed by atoms with Gasteiger partial charge in [0.2, 0.25) is 12.8 Å². The van der Waals surface area contributed by atoms with E-state index in [9.17, 15) is 9.59 Å². The van der Waals surface area contributed by atoms with Crippen molar-refractivity contribution in [1.82, 2.24) is 162 Å². The number of nitrogens with zero attached hydrogens (tertiary/aromatic N) is 24. The molecule has 19 aromatic heterocycles. The molecule has 526 valence electrons. The highest BCUT2D eigenvalue weighted by atomic mass is 32.1. The molecule has 19 rings (SSSR count). The van der Waals surface area contributed by atoms with Gasteiger partial charge < -0.3 is 32.3 Å². The molecule has 0 spiro atoms. The smallest absolute Gasteiger partial charge is 0.434 e. The summed E-state index contributed by atoms with van der Waals surface area (Å²) in [5.41, 5.74) is 1.63. The van der Waals surface area contributed by atoms with Gasteiger partial charge >= 0.3 is 5.76 Å². The van der Waals surface area contributed by atoms with Gasteiger partial charge in [0.05, 0.1) is 42.0 Å². The Morgan fingerprint density at radius 2 is 1.09 bits per heavy atom. The molecule has 0 unspecified atom stereocenters. The molecule has 0 bridgehead atoms. The summed E-state index contributed by atoms with van der Waals surface area (Å²) in [6.45, 7) is 0. The van der Waals surface area contributed by atoms with Crippen LogP contribution in [0, 0.1) is 0 Å². The van der Waals surface area contributed by atoms with E-state index in [-0.39, 0.29) is 5.56 Å². The standard InChI is InChI=1S/C5H5N.C4H4N2O.3C4H4N2.C4H5N.C4H4O.C4H4S.3C3H4N2.2C3H3NO.2C3H3NS.C2H3N3.C2H2N2O2.CH2N4.CHN3O/c1-2-4-6-5-3-1;7-4-2-1-3-5-6-4;1-2-6-4-3-5-1;1-2-5-4-6-3-1;1-2-4-6-5-3-1;3*1-2-4-5-3-1;1-2-5-3-4-1;2*1-2-4-5-3-1;1-2-5-3-4-1;1-2-4-5-3-1;1-2-5-3-4-1;1-2-4-5-3-1;1-3-2-5-4-1;5-2-4-3-1-6-2;1-2-4-5-3-1;1-2-3-4-5-1/h1-5H;1-3H,(H,6,7);3*1-4H;1-5H;2*1-4H;3*1-3H,(H,4,5);4*1-3H;1-2H,(H,3,4,5);1H,(H,4,5);1H,(H,2,3,4,5);1H. The Balaban J connectivity index is 0.000000539. The van der Waals surface area contributed by atoms with E-state index >= 15 is 0 Å². The van der Waals surface area contributed by atoms with Crippen LogP contribution < -0.4 is 11.3 Å². The van der Waals surface area contributed by atoms with Gasteiger partial charge in [-0.2, -0.15) is 47.1 Å². The Bertz CT molecular complexity index is 3050. The predicted molar refractivity (Wildman–Crippen MR) is 372 cm³/mol. The maximum Gasteiger partial charge on any atom is 0.434 e. The summed E-state index contributed by atoms with van der Waals surface area (Å²) in [6.07, 6.45) is 56.3. The molecule has 39 nitrogen and oxygen atoms in total. The van der Waals surface area contributed by atoms with Crippen LogP contribution in [0.25, 0.3) is 0 Å². The minimum Gasteiger partial charge on any atom is -0.473 e. The van der Waals surface area contributed by atoms with Crippen molar-refractivity contribution in [1.29, 1.82) is 0 Å². The van der Waals surface area contributed by atoms with Gasteiger partial charge in [-0.3, -0.25) is 40.0 Å². The fourth-order valence-electron chi connectivity index (χ4n) is 4.04. The zero-order valence-corrected chi connectivity index (χ0v) is 55.8. The van der Waals surface area contributed by atoms with Crippen LogP contribution in [-0.2, 0) is 0 Å². The summed E-state index contributed by atoms with van der Waals surface area (Å²) in [5.74, 6) is -0.519. The van der Waals surface area contributed by atoms with Crippen LogP contribution in [0.3, 0.4) is 0 Å². The Labute approximate surface area is 590 Å². The number of hydrogen-bond acceptors (Lipinski definition) is 34. The molecular formula is C60H66N32O7S3. The molecule has 0 aliphatic carbocycles. The molecule has 0 saturated carbocycles. The molecule has 8 N–H and O–H groups in total. The zero-order valence-electron chi connectivity index (χ0n) is 53.3. The number of tetrazole rings is 1. The first-order valence-corrected chi connectivity index (χ1v) is 30.6. The molecule has 0 fully saturated rings. The first-order chi connectivity index (χ1) is 50.8. The van der Waals surface area contributed by atoms with Crippen LogP contribution in [0.2, 0.25) is 0 Å². The lowest BCUT2D eigenvalue weighted by molar-refractivity contribution is 0.392. The van der Waals surface area contributed by atoms with Crippen LogP contribution in [0.4, 0.5) is 0 Å². The van der Waals surface area contributed by atoms with Gasteiger partial charge in [-0.15, -0.1) is 26.6 Å². The number of aromatic amines is 8. The van der Waals surface area contributed by atoms with E-state index in [1.54, 1.807) is 189 Å².